The Morgan fingerprint density at radius 1 is 1.24 bits per heavy atom. The smallest absolute Gasteiger partial charge is 0.122 e. The lowest BCUT2D eigenvalue weighted by Crippen LogP contribution is -2.29. The second-order valence-corrected chi connectivity index (χ2v) is 4.61. The Labute approximate surface area is 105 Å². The molecule has 1 atom stereocenters. The zero-order valence-corrected chi connectivity index (χ0v) is 11.3. The zero-order valence-electron chi connectivity index (χ0n) is 11.3. The minimum absolute atomic E-state index is 0.220. The van der Waals surface area contributed by atoms with Crippen LogP contribution in [-0.2, 0) is 0 Å². The van der Waals surface area contributed by atoms with E-state index < -0.39 is 0 Å². The van der Waals surface area contributed by atoms with Crippen molar-refractivity contribution in [3.8, 4) is 5.75 Å². The molecule has 0 aromatic heterocycles. The predicted octanol–water partition coefficient (Wildman–Crippen LogP) is 3.54. The fraction of sp³-hybridized carbons (Fsp3) is 0.600. The molecule has 0 aliphatic heterocycles. The highest BCUT2D eigenvalue weighted by molar-refractivity contribution is 5.31. The van der Waals surface area contributed by atoms with Crippen LogP contribution in [0.5, 0.6) is 5.75 Å². The number of rotatable bonds is 8. The van der Waals surface area contributed by atoms with Gasteiger partial charge in [-0.2, -0.15) is 0 Å². The lowest BCUT2D eigenvalue weighted by Gasteiger charge is -2.16. The van der Waals surface area contributed by atoms with Gasteiger partial charge < -0.3 is 10.1 Å². The average molecular weight is 235 g/mol. The van der Waals surface area contributed by atoms with Gasteiger partial charge in [0.15, 0.2) is 0 Å². The highest BCUT2D eigenvalue weighted by atomic mass is 16.5. The van der Waals surface area contributed by atoms with Gasteiger partial charge in [-0.3, -0.25) is 0 Å². The van der Waals surface area contributed by atoms with Gasteiger partial charge in [-0.05, 0) is 38.4 Å². The molecule has 0 amide bonds. The van der Waals surface area contributed by atoms with E-state index >= 15 is 0 Å². The number of nitrogens with one attached hydrogen (secondary N) is 1. The summed E-state index contributed by atoms with van der Waals surface area (Å²) in [5.74, 6) is 0.996. The summed E-state index contributed by atoms with van der Waals surface area (Å²) in [6.45, 7) is 8.42. The number of para-hydroxylation sites is 1. The fourth-order valence-corrected chi connectivity index (χ4v) is 1.75. The third-order valence-electron chi connectivity index (χ3n) is 2.81. The van der Waals surface area contributed by atoms with E-state index in [9.17, 15) is 0 Å². The van der Waals surface area contributed by atoms with Crippen molar-refractivity contribution in [1.29, 1.82) is 0 Å². The molecule has 0 saturated heterocycles. The topological polar surface area (TPSA) is 21.3 Å². The van der Waals surface area contributed by atoms with Crippen molar-refractivity contribution in [3.63, 3.8) is 0 Å². The molecule has 0 radical (unpaired) electrons. The maximum Gasteiger partial charge on any atom is 0.122 e. The van der Waals surface area contributed by atoms with E-state index in [1.54, 1.807) is 0 Å². The first kappa shape index (κ1) is 14.0. The minimum Gasteiger partial charge on any atom is -0.489 e. The molecule has 0 fully saturated rings. The van der Waals surface area contributed by atoms with Crippen molar-refractivity contribution in [2.24, 2.45) is 0 Å². The molecular weight excluding hydrogens is 210 g/mol. The normalized spacial score (nSPS) is 12.4. The lowest BCUT2D eigenvalue weighted by molar-refractivity contribution is 0.216. The van der Waals surface area contributed by atoms with E-state index in [2.05, 4.69) is 32.2 Å². The maximum atomic E-state index is 5.89. The minimum atomic E-state index is 0.220. The van der Waals surface area contributed by atoms with Crippen molar-refractivity contribution in [2.45, 2.75) is 46.1 Å². The highest BCUT2D eigenvalue weighted by Crippen LogP contribution is 2.17. The molecule has 0 aliphatic carbocycles. The van der Waals surface area contributed by atoms with Crippen LogP contribution in [0.2, 0.25) is 0 Å². The molecule has 1 unspecified atom stereocenters. The first-order chi connectivity index (χ1) is 8.24. The molecule has 1 aromatic rings. The molecule has 0 spiro atoms. The third kappa shape index (κ3) is 5.73. The van der Waals surface area contributed by atoms with Gasteiger partial charge >= 0.3 is 0 Å². The van der Waals surface area contributed by atoms with Gasteiger partial charge in [0.25, 0.3) is 0 Å². The molecule has 1 rings (SSSR count). The Balaban J connectivity index is 2.21. The van der Waals surface area contributed by atoms with Gasteiger partial charge in [0.2, 0.25) is 0 Å². The van der Waals surface area contributed by atoms with Gasteiger partial charge in [0.1, 0.15) is 11.9 Å². The molecule has 2 nitrogen and oxygen atoms in total. The lowest BCUT2D eigenvalue weighted by atomic mass is 10.2. The molecule has 0 aliphatic rings. The van der Waals surface area contributed by atoms with Gasteiger partial charge in [-0.15, -0.1) is 0 Å². The number of benzene rings is 1. The number of hydrogen-bond acceptors (Lipinski definition) is 2. The summed E-state index contributed by atoms with van der Waals surface area (Å²) in [7, 11) is 0. The summed E-state index contributed by atoms with van der Waals surface area (Å²) in [5.41, 5.74) is 1.20. The largest absolute Gasteiger partial charge is 0.489 e. The quantitative estimate of drug-likeness (QED) is 0.696. The summed E-state index contributed by atoms with van der Waals surface area (Å²) in [6, 6.07) is 8.17. The van der Waals surface area contributed by atoms with Crippen LogP contribution in [0.25, 0.3) is 0 Å². The van der Waals surface area contributed by atoms with Gasteiger partial charge in [-0.1, -0.05) is 38.0 Å². The summed E-state index contributed by atoms with van der Waals surface area (Å²) in [6.07, 6.45) is 4.06. The van der Waals surface area contributed by atoms with Crippen molar-refractivity contribution in [1.82, 2.24) is 5.32 Å². The Morgan fingerprint density at radius 3 is 2.71 bits per heavy atom. The predicted molar refractivity (Wildman–Crippen MR) is 73.7 cm³/mol. The van der Waals surface area contributed by atoms with E-state index in [0.717, 1.165) is 18.8 Å². The van der Waals surface area contributed by atoms with Crippen LogP contribution >= 0.6 is 0 Å². The molecule has 1 N–H and O–H groups in total. The summed E-state index contributed by atoms with van der Waals surface area (Å²) < 4.78 is 5.89. The monoisotopic (exact) mass is 235 g/mol. The molecule has 0 heterocycles. The number of aryl methyl sites for hydroxylation is 1. The molecular formula is C15H25NO. The molecule has 2 heteroatoms. The van der Waals surface area contributed by atoms with E-state index in [1.165, 1.54) is 24.8 Å². The summed E-state index contributed by atoms with van der Waals surface area (Å²) in [4.78, 5) is 0. The Hall–Kier alpha value is -1.02. The average Bonchev–Trinajstić information content (AvgIpc) is 2.32. The molecule has 17 heavy (non-hydrogen) atoms. The van der Waals surface area contributed by atoms with Crippen LogP contribution in [-0.4, -0.2) is 19.2 Å². The maximum absolute atomic E-state index is 5.89. The van der Waals surface area contributed by atoms with Crippen LogP contribution < -0.4 is 10.1 Å². The molecule has 1 aromatic carbocycles. The molecule has 0 bridgehead atoms. The first-order valence-corrected chi connectivity index (χ1v) is 6.67. The van der Waals surface area contributed by atoms with Crippen LogP contribution in [0.4, 0.5) is 0 Å². The molecule has 96 valence electrons. The van der Waals surface area contributed by atoms with Crippen LogP contribution in [0.1, 0.15) is 38.7 Å². The van der Waals surface area contributed by atoms with Crippen molar-refractivity contribution in [2.75, 3.05) is 13.1 Å². The SMILES string of the molecule is CCCCCNCC(C)Oc1ccccc1C. The Morgan fingerprint density at radius 2 is 2.00 bits per heavy atom. The fourth-order valence-electron chi connectivity index (χ4n) is 1.75. The van der Waals surface area contributed by atoms with Crippen molar-refractivity contribution >= 4 is 0 Å². The highest BCUT2D eigenvalue weighted by Gasteiger charge is 2.04. The van der Waals surface area contributed by atoms with Crippen molar-refractivity contribution < 1.29 is 4.74 Å². The summed E-state index contributed by atoms with van der Waals surface area (Å²) >= 11 is 0. The molecule has 0 saturated carbocycles. The van der Waals surface area contributed by atoms with Crippen LogP contribution in [0.15, 0.2) is 24.3 Å². The van der Waals surface area contributed by atoms with Gasteiger partial charge in [0.05, 0.1) is 0 Å². The first-order valence-electron chi connectivity index (χ1n) is 6.67. The van der Waals surface area contributed by atoms with Crippen molar-refractivity contribution in [3.05, 3.63) is 29.8 Å². The zero-order chi connectivity index (χ0) is 12.5. The third-order valence-corrected chi connectivity index (χ3v) is 2.81. The number of unbranched alkanes of at least 4 members (excludes halogenated alkanes) is 2. The van der Waals surface area contributed by atoms with Gasteiger partial charge in [-0.25, -0.2) is 0 Å². The number of ether oxygens (including phenoxy) is 1. The van der Waals surface area contributed by atoms with E-state index in [0.29, 0.717) is 0 Å². The van der Waals surface area contributed by atoms with E-state index in [4.69, 9.17) is 4.74 Å². The van der Waals surface area contributed by atoms with Crippen LogP contribution in [0.3, 0.4) is 0 Å². The second kappa shape index (κ2) is 8.13. The Bertz CT molecular complexity index is 312. The number of hydrogen-bond donors (Lipinski definition) is 1. The Kier molecular flexibility index (Phi) is 6.71. The second-order valence-electron chi connectivity index (χ2n) is 4.61. The standard InChI is InChI=1S/C15H25NO/c1-4-5-8-11-16-12-14(3)17-15-10-7-6-9-13(15)2/h6-7,9-10,14,16H,4-5,8,11-12H2,1-3H3. The van der Waals surface area contributed by atoms with Crippen LogP contribution in [0, 0.1) is 6.92 Å². The van der Waals surface area contributed by atoms with E-state index in [1.807, 2.05) is 18.2 Å². The van der Waals surface area contributed by atoms with Gasteiger partial charge in [0, 0.05) is 6.54 Å². The summed E-state index contributed by atoms with van der Waals surface area (Å²) in [5, 5.41) is 3.43. The van der Waals surface area contributed by atoms with E-state index in [-0.39, 0.29) is 6.10 Å².